The van der Waals surface area contributed by atoms with Crippen molar-refractivity contribution in [2.24, 2.45) is 0 Å². The number of nitrogens with zero attached hydrogens (tertiary/aromatic N) is 1. The summed E-state index contributed by atoms with van der Waals surface area (Å²) in [6, 6.07) is 4.19. The van der Waals surface area contributed by atoms with Gasteiger partial charge in [-0.05, 0) is 37.5 Å². The lowest BCUT2D eigenvalue weighted by molar-refractivity contribution is -0.139. The molecule has 1 aromatic rings. The molecule has 0 aliphatic rings. The molecule has 0 aromatic carbocycles. The number of thioether (sulfide) groups is 1. The molecule has 1 heterocycles. The van der Waals surface area contributed by atoms with Crippen molar-refractivity contribution in [3.05, 3.63) is 29.6 Å². The van der Waals surface area contributed by atoms with Crippen molar-refractivity contribution in [1.29, 1.82) is 0 Å². The second kappa shape index (κ2) is 7.00. The Kier molecular flexibility index (Phi) is 5.64. The zero-order valence-electron chi connectivity index (χ0n) is 10.3. The number of carbonyl (C=O) groups is 2. The highest BCUT2D eigenvalue weighted by Gasteiger charge is 2.20. The minimum atomic E-state index is -1.02. The number of rotatable bonds is 6. The first-order chi connectivity index (χ1) is 8.54. The molecule has 1 rings (SSSR count). The molecule has 0 fully saturated rings. The van der Waals surface area contributed by atoms with Crippen LogP contribution in [0, 0.1) is 6.92 Å². The van der Waals surface area contributed by atoms with E-state index in [1.165, 1.54) is 0 Å². The zero-order chi connectivity index (χ0) is 13.5. The van der Waals surface area contributed by atoms with Crippen LogP contribution in [-0.2, 0) is 4.79 Å². The molecule has 1 atom stereocenters. The Balaban J connectivity index is 2.69. The van der Waals surface area contributed by atoms with Crippen molar-refractivity contribution < 1.29 is 14.7 Å². The number of aryl methyl sites for hydroxylation is 1. The SMILES string of the molecule is CSCC[C@H](NC(=O)c1cccc(C)n1)C(=O)O. The van der Waals surface area contributed by atoms with Crippen molar-refractivity contribution in [3.8, 4) is 0 Å². The van der Waals surface area contributed by atoms with Crippen LogP contribution in [0.1, 0.15) is 22.6 Å². The van der Waals surface area contributed by atoms with Gasteiger partial charge in [0.1, 0.15) is 11.7 Å². The average molecular weight is 268 g/mol. The van der Waals surface area contributed by atoms with Gasteiger partial charge in [-0.15, -0.1) is 0 Å². The maximum absolute atomic E-state index is 11.8. The van der Waals surface area contributed by atoms with Crippen molar-refractivity contribution in [2.75, 3.05) is 12.0 Å². The van der Waals surface area contributed by atoms with E-state index in [4.69, 9.17) is 5.11 Å². The maximum atomic E-state index is 11.8. The molecule has 0 unspecified atom stereocenters. The van der Waals surface area contributed by atoms with Gasteiger partial charge < -0.3 is 10.4 Å². The van der Waals surface area contributed by atoms with Crippen LogP contribution in [0.2, 0.25) is 0 Å². The van der Waals surface area contributed by atoms with E-state index >= 15 is 0 Å². The number of nitrogens with one attached hydrogen (secondary N) is 1. The lowest BCUT2D eigenvalue weighted by Crippen LogP contribution is -2.41. The third kappa shape index (κ3) is 4.37. The summed E-state index contributed by atoms with van der Waals surface area (Å²) in [4.78, 5) is 26.9. The van der Waals surface area contributed by atoms with Gasteiger partial charge in [0.2, 0.25) is 0 Å². The third-order valence-corrected chi connectivity index (χ3v) is 2.98. The molecule has 18 heavy (non-hydrogen) atoms. The second-order valence-electron chi connectivity index (χ2n) is 3.81. The molecule has 0 saturated carbocycles. The Morgan fingerprint density at radius 1 is 1.50 bits per heavy atom. The largest absolute Gasteiger partial charge is 0.480 e. The molecule has 2 N–H and O–H groups in total. The van der Waals surface area contributed by atoms with Gasteiger partial charge in [0.25, 0.3) is 5.91 Å². The Bertz CT molecular complexity index is 437. The van der Waals surface area contributed by atoms with E-state index in [0.717, 1.165) is 5.69 Å². The number of aliphatic carboxylic acids is 1. The van der Waals surface area contributed by atoms with Gasteiger partial charge in [-0.25, -0.2) is 9.78 Å². The number of carbonyl (C=O) groups excluding carboxylic acids is 1. The highest BCUT2D eigenvalue weighted by Crippen LogP contribution is 2.03. The van der Waals surface area contributed by atoms with Gasteiger partial charge >= 0.3 is 5.97 Å². The number of pyridine rings is 1. The minimum Gasteiger partial charge on any atom is -0.480 e. The van der Waals surface area contributed by atoms with Crippen LogP contribution in [0.25, 0.3) is 0 Å². The molecule has 5 nitrogen and oxygen atoms in total. The molecule has 6 heteroatoms. The normalized spacial score (nSPS) is 11.9. The topological polar surface area (TPSA) is 79.3 Å². The summed E-state index contributed by atoms with van der Waals surface area (Å²) >= 11 is 1.54. The summed E-state index contributed by atoms with van der Waals surface area (Å²) < 4.78 is 0. The lowest BCUT2D eigenvalue weighted by Gasteiger charge is -2.13. The van der Waals surface area contributed by atoms with Gasteiger partial charge in [-0.1, -0.05) is 6.07 Å². The lowest BCUT2D eigenvalue weighted by atomic mass is 10.2. The van der Waals surface area contributed by atoms with Crippen molar-refractivity contribution >= 4 is 23.6 Å². The summed E-state index contributed by atoms with van der Waals surface area (Å²) in [5.41, 5.74) is 0.962. The Hall–Kier alpha value is -1.56. The molecule has 0 aliphatic carbocycles. The molecule has 0 radical (unpaired) electrons. The number of hydrogen-bond acceptors (Lipinski definition) is 4. The molecule has 0 aliphatic heterocycles. The zero-order valence-corrected chi connectivity index (χ0v) is 11.2. The fraction of sp³-hybridized carbons (Fsp3) is 0.417. The van der Waals surface area contributed by atoms with E-state index in [0.29, 0.717) is 12.2 Å². The van der Waals surface area contributed by atoms with E-state index in [2.05, 4.69) is 10.3 Å². The van der Waals surface area contributed by atoms with Crippen LogP contribution in [-0.4, -0.2) is 40.0 Å². The van der Waals surface area contributed by atoms with Crippen molar-refractivity contribution in [3.63, 3.8) is 0 Å². The summed E-state index contributed by atoms with van der Waals surface area (Å²) in [6.07, 6.45) is 2.29. The molecule has 98 valence electrons. The first-order valence-corrected chi connectivity index (χ1v) is 6.90. The molecule has 0 spiro atoms. The van der Waals surface area contributed by atoms with Gasteiger partial charge in [-0.3, -0.25) is 4.79 Å². The van der Waals surface area contributed by atoms with E-state index in [-0.39, 0.29) is 5.69 Å². The van der Waals surface area contributed by atoms with E-state index in [9.17, 15) is 9.59 Å². The second-order valence-corrected chi connectivity index (χ2v) is 4.80. The van der Waals surface area contributed by atoms with Gasteiger partial charge in [0.15, 0.2) is 0 Å². The molecule has 1 amide bonds. The number of amides is 1. The van der Waals surface area contributed by atoms with E-state index < -0.39 is 17.9 Å². The Morgan fingerprint density at radius 2 is 2.22 bits per heavy atom. The van der Waals surface area contributed by atoms with Crippen LogP contribution in [0.5, 0.6) is 0 Å². The summed E-state index contributed by atoms with van der Waals surface area (Å²) in [7, 11) is 0. The van der Waals surface area contributed by atoms with E-state index in [1.807, 2.05) is 6.26 Å². The third-order valence-electron chi connectivity index (χ3n) is 2.34. The van der Waals surface area contributed by atoms with Crippen molar-refractivity contribution in [1.82, 2.24) is 10.3 Å². The Morgan fingerprint density at radius 3 is 2.78 bits per heavy atom. The number of aromatic nitrogens is 1. The standard InChI is InChI=1S/C12H16N2O3S/c1-8-4-3-5-9(13-8)11(15)14-10(12(16)17)6-7-18-2/h3-5,10H,6-7H2,1-2H3,(H,14,15)(H,16,17)/t10-/m0/s1. The number of hydrogen-bond donors (Lipinski definition) is 2. The molecular weight excluding hydrogens is 252 g/mol. The van der Waals surface area contributed by atoms with Crippen LogP contribution in [0.4, 0.5) is 0 Å². The van der Waals surface area contributed by atoms with Gasteiger partial charge in [-0.2, -0.15) is 11.8 Å². The smallest absolute Gasteiger partial charge is 0.326 e. The molecule has 1 aromatic heterocycles. The predicted molar refractivity (Wildman–Crippen MR) is 70.9 cm³/mol. The molecular formula is C12H16N2O3S. The van der Waals surface area contributed by atoms with Crippen LogP contribution >= 0.6 is 11.8 Å². The average Bonchev–Trinajstić information content (AvgIpc) is 2.33. The van der Waals surface area contributed by atoms with Crippen LogP contribution < -0.4 is 5.32 Å². The summed E-state index contributed by atoms with van der Waals surface area (Å²) in [5.74, 6) is -0.796. The predicted octanol–water partition coefficient (Wildman–Crippen LogP) is 1.33. The fourth-order valence-electron chi connectivity index (χ4n) is 1.39. The van der Waals surface area contributed by atoms with Crippen LogP contribution in [0.3, 0.4) is 0 Å². The number of carboxylic acids is 1. The number of carboxylic acid groups (broad SMARTS) is 1. The maximum Gasteiger partial charge on any atom is 0.326 e. The quantitative estimate of drug-likeness (QED) is 0.813. The monoisotopic (exact) mass is 268 g/mol. The molecule has 0 bridgehead atoms. The van der Waals surface area contributed by atoms with E-state index in [1.54, 1.807) is 36.9 Å². The Labute approximate surface area is 110 Å². The molecule has 0 saturated heterocycles. The summed E-state index contributed by atoms with van der Waals surface area (Å²) in [5, 5.41) is 11.5. The van der Waals surface area contributed by atoms with Crippen molar-refractivity contribution in [2.45, 2.75) is 19.4 Å². The first-order valence-electron chi connectivity index (χ1n) is 5.51. The van der Waals surface area contributed by atoms with Gasteiger partial charge in [0, 0.05) is 5.69 Å². The fourth-order valence-corrected chi connectivity index (χ4v) is 1.87. The first kappa shape index (κ1) is 14.5. The van der Waals surface area contributed by atoms with Crippen LogP contribution in [0.15, 0.2) is 18.2 Å². The van der Waals surface area contributed by atoms with Gasteiger partial charge in [0.05, 0.1) is 0 Å². The minimum absolute atomic E-state index is 0.241. The summed E-state index contributed by atoms with van der Waals surface area (Å²) in [6.45, 7) is 1.78. The highest BCUT2D eigenvalue weighted by molar-refractivity contribution is 7.98. The highest BCUT2D eigenvalue weighted by atomic mass is 32.2.